The Balaban J connectivity index is 1.70. The Kier molecular flexibility index (Phi) is 5.44. The van der Waals surface area contributed by atoms with Crippen molar-refractivity contribution >= 4 is 5.91 Å². The second-order valence-electron chi connectivity index (χ2n) is 5.90. The second-order valence-corrected chi connectivity index (χ2v) is 5.90. The van der Waals surface area contributed by atoms with Gasteiger partial charge in [-0.2, -0.15) is 18.7 Å². The van der Waals surface area contributed by atoms with Gasteiger partial charge in [-0.1, -0.05) is 30.3 Å². The zero-order valence-electron chi connectivity index (χ0n) is 14.8. The van der Waals surface area contributed by atoms with Crippen LogP contribution >= 0.6 is 0 Å². The number of para-hydroxylation sites is 1. The number of carbonyl (C=O) groups excluding carboxylic acids is 1. The normalized spacial score (nSPS) is 12.0. The minimum absolute atomic E-state index is 0.0638. The highest BCUT2D eigenvalue weighted by atomic mass is 19.3. The van der Waals surface area contributed by atoms with Crippen molar-refractivity contribution in [2.45, 2.75) is 26.5 Å². The lowest BCUT2D eigenvalue weighted by Crippen LogP contribution is -2.27. The van der Waals surface area contributed by atoms with Crippen molar-refractivity contribution < 1.29 is 18.3 Å². The van der Waals surface area contributed by atoms with Gasteiger partial charge in [0.15, 0.2) is 5.69 Å². The summed E-state index contributed by atoms with van der Waals surface area (Å²) in [6.07, 6.45) is 0. The molecule has 2 aromatic carbocycles. The highest BCUT2D eigenvalue weighted by molar-refractivity contribution is 5.93. The number of aromatic nitrogens is 3. The quantitative estimate of drug-likeness (QED) is 0.717. The number of rotatable bonds is 6. The molecular formula is C19H18F2N4O2. The molecule has 1 unspecified atom stereocenters. The van der Waals surface area contributed by atoms with Crippen molar-refractivity contribution in [1.29, 1.82) is 0 Å². The summed E-state index contributed by atoms with van der Waals surface area (Å²) >= 11 is 0. The third-order valence-electron chi connectivity index (χ3n) is 3.94. The Bertz CT molecular complexity index is 911. The Morgan fingerprint density at radius 3 is 2.37 bits per heavy atom. The highest BCUT2D eigenvalue weighted by Crippen LogP contribution is 2.19. The summed E-state index contributed by atoms with van der Waals surface area (Å²) in [7, 11) is 0. The van der Waals surface area contributed by atoms with E-state index in [9.17, 15) is 13.6 Å². The standard InChI is InChI=1S/C19H18F2N4O2/c1-12(14-8-10-16(11-9-14)27-19(20)21)22-18(26)17-13(2)23-25(24-17)15-6-4-3-5-7-15/h3-12,19H,1-2H3,(H,22,26). The number of hydrogen-bond acceptors (Lipinski definition) is 4. The van der Waals surface area contributed by atoms with Crippen molar-refractivity contribution in [2.24, 2.45) is 0 Å². The van der Waals surface area contributed by atoms with Gasteiger partial charge < -0.3 is 10.1 Å². The van der Waals surface area contributed by atoms with Gasteiger partial charge in [-0.25, -0.2) is 0 Å². The molecule has 0 saturated carbocycles. The molecule has 0 spiro atoms. The van der Waals surface area contributed by atoms with Crippen LogP contribution in [0, 0.1) is 6.92 Å². The van der Waals surface area contributed by atoms with E-state index in [4.69, 9.17) is 0 Å². The van der Waals surface area contributed by atoms with Crippen LogP contribution in [0.15, 0.2) is 54.6 Å². The molecular weight excluding hydrogens is 354 g/mol. The van der Waals surface area contributed by atoms with E-state index in [0.29, 0.717) is 5.69 Å². The number of hydrogen-bond donors (Lipinski definition) is 1. The third-order valence-corrected chi connectivity index (χ3v) is 3.94. The molecule has 1 heterocycles. The highest BCUT2D eigenvalue weighted by Gasteiger charge is 2.19. The topological polar surface area (TPSA) is 69.0 Å². The summed E-state index contributed by atoms with van der Waals surface area (Å²) in [6, 6.07) is 15.0. The van der Waals surface area contributed by atoms with E-state index in [1.165, 1.54) is 16.9 Å². The van der Waals surface area contributed by atoms with Crippen LogP contribution in [0.2, 0.25) is 0 Å². The zero-order valence-corrected chi connectivity index (χ0v) is 14.8. The molecule has 6 nitrogen and oxygen atoms in total. The average Bonchev–Trinajstić information content (AvgIpc) is 3.04. The fraction of sp³-hybridized carbons (Fsp3) is 0.211. The van der Waals surface area contributed by atoms with Crippen LogP contribution in [0.25, 0.3) is 5.69 Å². The molecule has 8 heteroatoms. The largest absolute Gasteiger partial charge is 0.435 e. The van der Waals surface area contributed by atoms with Crippen LogP contribution in [0.4, 0.5) is 8.78 Å². The van der Waals surface area contributed by atoms with E-state index in [1.54, 1.807) is 26.0 Å². The van der Waals surface area contributed by atoms with Crippen molar-refractivity contribution in [3.8, 4) is 11.4 Å². The number of halogens is 2. The van der Waals surface area contributed by atoms with Gasteiger partial charge in [0.2, 0.25) is 0 Å². The van der Waals surface area contributed by atoms with Crippen LogP contribution in [0.1, 0.15) is 34.7 Å². The van der Waals surface area contributed by atoms with E-state index in [-0.39, 0.29) is 23.4 Å². The molecule has 3 rings (SSSR count). The summed E-state index contributed by atoms with van der Waals surface area (Å²) in [4.78, 5) is 14.0. The number of aryl methyl sites for hydroxylation is 1. The lowest BCUT2D eigenvalue weighted by atomic mass is 10.1. The van der Waals surface area contributed by atoms with E-state index < -0.39 is 6.61 Å². The molecule has 0 saturated heterocycles. The van der Waals surface area contributed by atoms with E-state index in [1.807, 2.05) is 30.3 Å². The van der Waals surface area contributed by atoms with Gasteiger partial charge in [0.05, 0.1) is 17.4 Å². The molecule has 140 valence electrons. The first-order chi connectivity index (χ1) is 12.9. The molecule has 0 aliphatic carbocycles. The van der Waals surface area contributed by atoms with E-state index >= 15 is 0 Å². The SMILES string of the molecule is Cc1nn(-c2ccccc2)nc1C(=O)NC(C)c1ccc(OC(F)F)cc1. The van der Waals surface area contributed by atoms with Gasteiger partial charge >= 0.3 is 6.61 Å². The molecule has 1 amide bonds. The van der Waals surface area contributed by atoms with Gasteiger partial charge in [-0.05, 0) is 43.7 Å². The predicted molar refractivity (Wildman–Crippen MR) is 95.1 cm³/mol. The maximum atomic E-state index is 12.6. The van der Waals surface area contributed by atoms with Crippen LogP contribution in [-0.2, 0) is 0 Å². The molecule has 0 radical (unpaired) electrons. The maximum Gasteiger partial charge on any atom is 0.387 e. The van der Waals surface area contributed by atoms with Gasteiger partial charge in [0, 0.05) is 0 Å². The van der Waals surface area contributed by atoms with E-state index in [0.717, 1.165) is 11.3 Å². The smallest absolute Gasteiger partial charge is 0.387 e. The molecule has 0 bridgehead atoms. The molecule has 0 fully saturated rings. The van der Waals surface area contributed by atoms with Crippen molar-refractivity contribution in [3.63, 3.8) is 0 Å². The van der Waals surface area contributed by atoms with Crippen molar-refractivity contribution in [2.75, 3.05) is 0 Å². The average molecular weight is 372 g/mol. The molecule has 1 aromatic heterocycles. The summed E-state index contributed by atoms with van der Waals surface area (Å²) in [5.74, 6) is -0.302. The second kappa shape index (κ2) is 7.94. The number of benzene rings is 2. The molecule has 0 aliphatic heterocycles. The van der Waals surface area contributed by atoms with Gasteiger partial charge in [-0.3, -0.25) is 4.79 Å². The number of ether oxygens (including phenoxy) is 1. The van der Waals surface area contributed by atoms with Gasteiger partial charge in [0.25, 0.3) is 5.91 Å². The molecule has 3 aromatic rings. The molecule has 0 aliphatic rings. The van der Waals surface area contributed by atoms with Crippen molar-refractivity contribution in [3.05, 3.63) is 71.5 Å². The monoisotopic (exact) mass is 372 g/mol. The summed E-state index contributed by atoms with van der Waals surface area (Å²) in [5.41, 5.74) is 2.23. The Morgan fingerprint density at radius 1 is 1.07 bits per heavy atom. The van der Waals surface area contributed by atoms with Gasteiger partial charge in [-0.15, -0.1) is 5.10 Å². The number of nitrogens with zero attached hydrogens (tertiary/aromatic N) is 3. The van der Waals surface area contributed by atoms with Crippen LogP contribution in [0.5, 0.6) is 5.75 Å². The number of alkyl halides is 2. The third kappa shape index (κ3) is 4.46. The summed E-state index contributed by atoms with van der Waals surface area (Å²) in [6.45, 7) is 0.628. The lowest BCUT2D eigenvalue weighted by Gasteiger charge is -2.14. The first kappa shape index (κ1) is 18.5. The lowest BCUT2D eigenvalue weighted by molar-refractivity contribution is -0.0498. The van der Waals surface area contributed by atoms with Crippen LogP contribution in [0.3, 0.4) is 0 Å². The number of amides is 1. The Labute approximate surface area is 154 Å². The van der Waals surface area contributed by atoms with Crippen molar-refractivity contribution in [1.82, 2.24) is 20.3 Å². The first-order valence-corrected chi connectivity index (χ1v) is 8.29. The maximum absolute atomic E-state index is 12.6. The molecule has 1 atom stereocenters. The molecule has 1 N–H and O–H groups in total. The fourth-order valence-corrected chi connectivity index (χ4v) is 2.55. The summed E-state index contributed by atoms with van der Waals surface area (Å²) in [5, 5.41) is 11.4. The number of nitrogens with one attached hydrogen (secondary N) is 1. The minimum Gasteiger partial charge on any atom is -0.435 e. The summed E-state index contributed by atoms with van der Waals surface area (Å²) < 4.78 is 28.7. The zero-order chi connectivity index (χ0) is 19.4. The molecule has 27 heavy (non-hydrogen) atoms. The number of carbonyl (C=O) groups is 1. The predicted octanol–water partition coefficient (Wildman–Crippen LogP) is 3.67. The van der Waals surface area contributed by atoms with Gasteiger partial charge in [0.1, 0.15) is 5.75 Å². The Hall–Kier alpha value is -3.29. The van der Waals surface area contributed by atoms with E-state index in [2.05, 4.69) is 20.3 Å². The van der Waals surface area contributed by atoms with Crippen LogP contribution in [-0.4, -0.2) is 27.5 Å². The first-order valence-electron chi connectivity index (χ1n) is 8.29. The fourth-order valence-electron chi connectivity index (χ4n) is 2.55. The minimum atomic E-state index is -2.87. The van der Waals surface area contributed by atoms with Crippen LogP contribution < -0.4 is 10.1 Å². The Morgan fingerprint density at radius 2 is 1.74 bits per heavy atom.